The molecule has 0 aliphatic heterocycles. The standard InChI is InChI=1S/C23H40/c1-15-7-9-17-19(11-15)23(13-21(17,3)4)14-22(5,6)18-10-8-16(2)12-20(18)23/h15-20H,7-14H2,1-6H3. The highest BCUT2D eigenvalue weighted by atomic mass is 14.7. The van der Waals surface area contributed by atoms with E-state index in [1.165, 1.54) is 25.7 Å². The van der Waals surface area contributed by atoms with Crippen molar-refractivity contribution >= 4 is 0 Å². The molecule has 6 unspecified atom stereocenters. The van der Waals surface area contributed by atoms with Gasteiger partial charge >= 0.3 is 0 Å². The van der Waals surface area contributed by atoms with E-state index in [2.05, 4.69) is 41.5 Å². The van der Waals surface area contributed by atoms with Gasteiger partial charge in [0.2, 0.25) is 0 Å². The van der Waals surface area contributed by atoms with E-state index in [-0.39, 0.29) is 0 Å². The van der Waals surface area contributed by atoms with Crippen LogP contribution in [-0.2, 0) is 0 Å². The molecule has 4 fully saturated rings. The average molecular weight is 317 g/mol. The molecular formula is C23H40. The minimum absolute atomic E-state index is 0.594. The smallest absolute Gasteiger partial charge is 0.0225 e. The molecule has 0 aromatic heterocycles. The van der Waals surface area contributed by atoms with E-state index in [9.17, 15) is 0 Å². The van der Waals surface area contributed by atoms with Crippen LogP contribution < -0.4 is 0 Å². The first-order chi connectivity index (χ1) is 10.7. The summed E-state index contributed by atoms with van der Waals surface area (Å²) in [6.45, 7) is 15.6. The molecule has 1 spiro atoms. The Kier molecular flexibility index (Phi) is 3.59. The first-order valence-corrected chi connectivity index (χ1v) is 10.7. The Morgan fingerprint density at radius 2 is 0.957 bits per heavy atom. The Hall–Kier alpha value is 0. The lowest BCUT2D eigenvalue weighted by atomic mass is 9.58. The van der Waals surface area contributed by atoms with Gasteiger partial charge in [-0.25, -0.2) is 0 Å². The maximum Gasteiger partial charge on any atom is -0.0225 e. The molecule has 132 valence electrons. The molecular weight excluding hydrogens is 276 g/mol. The van der Waals surface area contributed by atoms with Gasteiger partial charge in [-0.1, -0.05) is 54.4 Å². The van der Waals surface area contributed by atoms with Crippen molar-refractivity contribution in [2.75, 3.05) is 0 Å². The first-order valence-electron chi connectivity index (χ1n) is 10.7. The highest BCUT2D eigenvalue weighted by molar-refractivity contribution is 5.16. The minimum atomic E-state index is 0.594. The normalized spacial score (nSPS) is 54.0. The quantitative estimate of drug-likeness (QED) is 0.454. The molecule has 0 heterocycles. The molecule has 0 heteroatoms. The summed E-state index contributed by atoms with van der Waals surface area (Å²) in [7, 11) is 0. The summed E-state index contributed by atoms with van der Waals surface area (Å²) in [6.07, 6.45) is 12.2. The van der Waals surface area contributed by atoms with Crippen LogP contribution in [0.1, 0.15) is 92.9 Å². The zero-order valence-electron chi connectivity index (χ0n) is 16.6. The molecule has 4 aliphatic carbocycles. The van der Waals surface area contributed by atoms with Gasteiger partial charge < -0.3 is 0 Å². The van der Waals surface area contributed by atoms with E-state index in [1.807, 2.05) is 0 Å². The largest absolute Gasteiger partial charge is 0.0625 e. The Bertz CT molecular complexity index is 426. The lowest BCUT2D eigenvalue weighted by Gasteiger charge is -2.46. The van der Waals surface area contributed by atoms with Gasteiger partial charge in [0.25, 0.3) is 0 Å². The minimum Gasteiger partial charge on any atom is -0.0625 e. The van der Waals surface area contributed by atoms with Crippen LogP contribution >= 0.6 is 0 Å². The van der Waals surface area contributed by atoms with Gasteiger partial charge in [-0.05, 0) is 90.3 Å². The molecule has 0 aromatic rings. The predicted molar refractivity (Wildman–Crippen MR) is 99.2 cm³/mol. The van der Waals surface area contributed by atoms with Crippen LogP contribution in [0.5, 0.6) is 0 Å². The average Bonchev–Trinajstić information content (AvgIpc) is 2.78. The molecule has 4 saturated carbocycles. The van der Waals surface area contributed by atoms with Gasteiger partial charge in [-0.2, -0.15) is 0 Å². The van der Waals surface area contributed by atoms with Gasteiger partial charge in [0.05, 0.1) is 0 Å². The third kappa shape index (κ3) is 2.29. The van der Waals surface area contributed by atoms with Crippen molar-refractivity contribution in [1.29, 1.82) is 0 Å². The number of rotatable bonds is 0. The maximum absolute atomic E-state index is 2.63. The lowest BCUT2D eigenvalue weighted by Crippen LogP contribution is -2.39. The molecule has 6 atom stereocenters. The summed E-state index contributed by atoms with van der Waals surface area (Å²) >= 11 is 0. The summed E-state index contributed by atoms with van der Waals surface area (Å²) in [5.74, 6) is 6.08. The van der Waals surface area contributed by atoms with Crippen molar-refractivity contribution in [1.82, 2.24) is 0 Å². The van der Waals surface area contributed by atoms with Gasteiger partial charge in [0.1, 0.15) is 0 Å². The van der Waals surface area contributed by atoms with Crippen LogP contribution in [0.2, 0.25) is 0 Å². The molecule has 23 heavy (non-hydrogen) atoms. The molecule has 0 amide bonds. The third-order valence-corrected chi connectivity index (χ3v) is 9.28. The second kappa shape index (κ2) is 5.01. The van der Waals surface area contributed by atoms with Crippen LogP contribution in [0.25, 0.3) is 0 Å². The second-order valence-electron chi connectivity index (χ2n) is 11.8. The van der Waals surface area contributed by atoms with Crippen LogP contribution in [0.4, 0.5) is 0 Å². The zero-order valence-corrected chi connectivity index (χ0v) is 16.6. The van der Waals surface area contributed by atoms with Crippen LogP contribution in [-0.4, -0.2) is 0 Å². The van der Waals surface area contributed by atoms with E-state index in [0.717, 1.165) is 35.5 Å². The summed E-state index contributed by atoms with van der Waals surface area (Å²) in [6, 6.07) is 0. The number of hydrogen-bond donors (Lipinski definition) is 0. The van der Waals surface area contributed by atoms with Crippen molar-refractivity contribution < 1.29 is 0 Å². The topological polar surface area (TPSA) is 0 Å². The molecule has 0 nitrogen and oxygen atoms in total. The monoisotopic (exact) mass is 316 g/mol. The van der Waals surface area contributed by atoms with E-state index < -0.39 is 0 Å². The Labute approximate surface area is 145 Å². The Morgan fingerprint density at radius 1 is 0.565 bits per heavy atom. The first kappa shape index (κ1) is 16.5. The lowest BCUT2D eigenvalue weighted by molar-refractivity contribution is 0.0252. The number of hydrogen-bond acceptors (Lipinski definition) is 0. The molecule has 4 aliphatic rings. The third-order valence-electron chi connectivity index (χ3n) is 9.28. The zero-order chi connectivity index (χ0) is 16.6. The Balaban J connectivity index is 1.76. The van der Waals surface area contributed by atoms with Crippen molar-refractivity contribution in [3.63, 3.8) is 0 Å². The van der Waals surface area contributed by atoms with E-state index in [1.54, 1.807) is 25.7 Å². The second-order valence-corrected chi connectivity index (χ2v) is 11.8. The maximum atomic E-state index is 2.63. The predicted octanol–water partition coefficient (Wildman–Crippen LogP) is 6.94. The Morgan fingerprint density at radius 3 is 1.35 bits per heavy atom. The SMILES string of the molecule is CC1CCC2C(C1)C1(CC2(C)C)CC(C)(C)C2CCC(C)CC21. The molecule has 0 saturated heterocycles. The summed E-state index contributed by atoms with van der Waals surface area (Å²) in [5.41, 5.74) is 1.89. The van der Waals surface area contributed by atoms with Crippen LogP contribution in [0.15, 0.2) is 0 Å². The summed E-state index contributed by atoms with van der Waals surface area (Å²) < 4.78 is 0. The summed E-state index contributed by atoms with van der Waals surface area (Å²) in [4.78, 5) is 0. The van der Waals surface area contributed by atoms with Crippen LogP contribution in [0.3, 0.4) is 0 Å². The van der Waals surface area contributed by atoms with Gasteiger partial charge in [0.15, 0.2) is 0 Å². The molecule has 0 bridgehead atoms. The van der Waals surface area contributed by atoms with Gasteiger partial charge in [-0.15, -0.1) is 0 Å². The molecule has 0 N–H and O–H groups in total. The fraction of sp³-hybridized carbons (Fsp3) is 1.00. The molecule has 0 radical (unpaired) electrons. The van der Waals surface area contributed by atoms with Crippen LogP contribution in [0, 0.1) is 51.8 Å². The molecule has 4 rings (SSSR count). The van der Waals surface area contributed by atoms with Crippen molar-refractivity contribution in [3.8, 4) is 0 Å². The van der Waals surface area contributed by atoms with Crippen molar-refractivity contribution in [2.24, 2.45) is 51.8 Å². The summed E-state index contributed by atoms with van der Waals surface area (Å²) in [5, 5.41) is 0. The van der Waals surface area contributed by atoms with E-state index in [4.69, 9.17) is 0 Å². The highest BCUT2D eigenvalue weighted by Crippen LogP contribution is 2.75. The fourth-order valence-corrected chi connectivity index (χ4v) is 8.72. The molecule has 0 aromatic carbocycles. The van der Waals surface area contributed by atoms with Crippen molar-refractivity contribution in [2.45, 2.75) is 92.9 Å². The highest BCUT2D eigenvalue weighted by Gasteiger charge is 2.67. The van der Waals surface area contributed by atoms with E-state index >= 15 is 0 Å². The van der Waals surface area contributed by atoms with Gasteiger partial charge in [0, 0.05) is 0 Å². The number of fused-ring (bicyclic) bond motifs is 4. The van der Waals surface area contributed by atoms with E-state index in [0.29, 0.717) is 16.2 Å². The fourth-order valence-electron chi connectivity index (χ4n) is 8.72. The van der Waals surface area contributed by atoms with Crippen molar-refractivity contribution in [3.05, 3.63) is 0 Å². The van der Waals surface area contributed by atoms with Gasteiger partial charge in [-0.3, -0.25) is 0 Å².